The Hall–Kier alpha value is 0.270. The largest absolute Gasteiger partial charge is 0.314 e. The summed E-state index contributed by atoms with van der Waals surface area (Å²) in [6, 6.07) is 0.678. The third-order valence-corrected chi connectivity index (χ3v) is 3.72. The van der Waals surface area contributed by atoms with Gasteiger partial charge in [-0.2, -0.15) is 11.8 Å². The highest BCUT2D eigenvalue weighted by Crippen LogP contribution is 2.00. The van der Waals surface area contributed by atoms with Crippen molar-refractivity contribution in [2.75, 3.05) is 38.2 Å². The molecule has 0 fully saturated rings. The van der Waals surface area contributed by atoms with Gasteiger partial charge in [0.1, 0.15) is 0 Å². The van der Waals surface area contributed by atoms with Crippen molar-refractivity contribution in [1.29, 1.82) is 0 Å². The lowest BCUT2D eigenvalue weighted by atomic mass is 10.1. The Bertz CT molecular complexity index is 138. The number of hydrogen-bond donors (Lipinski definition) is 1. The van der Waals surface area contributed by atoms with Gasteiger partial charge in [-0.05, 0) is 64.4 Å². The Labute approximate surface area is 107 Å². The van der Waals surface area contributed by atoms with Crippen LogP contribution in [0.4, 0.5) is 0 Å². The van der Waals surface area contributed by atoms with Crippen molar-refractivity contribution in [3.8, 4) is 0 Å². The van der Waals surface area contributed by atoms with Gasteiger partial charge < -0.3 is 10.2 Å². The molecule has 0 aromatic rings. The summed E-state index contributed by atoms with van der Waals surface area (Å²) in [5, 5.41) is 3.60. The van der Waals surface area contributed by atoms with Crippen LogP contribution >= 0.6 is 11.8 Å². The first kappa shape index (κ1) is 16.3. The molecular formula is C13H30N2S. The minimum Gasteiger partial charge on any atom is -0.314 e. The van der Waals surface area contributed by atoms with Crippen LogP contribution < -0.4 is 5.32 Å². The van der Waals surface area contributed by atoms with Gasteiger partial charge in [-0.1, -0.05) is 13.8 Å². The van der Waals surface area contributed by atoms with Crippen molar-refractivity contribution in [3.63, 3.8) is 0 Å². The summed E-state index contributed by atoms with van der Waals surface area (Å²) in [5.41, 5.74) is 0. The Kier molecular flexibility index (Phi) is 11.9. The minimum absolute atomic E-state index is 0.678. The van der Waals surface area contributed by atoms with E-state index in [4.69, 9.17) is 0 Å². The second-order valence-corrected chi connectivity index (χ2v) is 5.36. The van der Waals surface area contributed by atoms with Crippen LogP contribution in [0, 0.1) is 0 Å². The normalized spacial score (nSPS) is 13.3. The fraction of sp³-hybridized carbons (Fsp3) is 1.00. The first-order chi connectivity index (χ1) is 7.74. The van der Waals surface area contributed by atoms with Gasteiger partial charge in [-0.3, -0.25) is 0 Å². The lowest BCUT2D eigenvalue weighted by molar-refractivity contribution is 0.290. The van der Waals surface area contributed by atoms with Crippen LogP contribution in [0.15, 0.2) is 0 Å². The summed E-state index contributed by atoms with van der Waals surface area (Å²) in [7, 11) is 0. The molecule has 0 aliphatic carbocycles. The summed E-state index contributed by atoms with van der Waals surface area (Å²) < 4.78 is 0. The van der Waals surface area contributed by atoms with Gasteiger partial charge >= 0.3 is 0 Å². The smallest absolute Gasteiger partial charge is 0.00392 e. The maximum Gasteiger partial charge on any atom is 0.00392 e. The Balaban J connectivity index is 3.32. The molecule has 1 unspecified atom stereocenters. The van der Waals surface area contributed by atoms with Crippen LogP contribution in [0.2, 0.25) is 0 Å². The zero-order valence-electron chi connectivity index (χ0n) is 11.6. The van der Waals surface area contributed by atoms with E-state index in [-0.39, 0.29) is 0 Å². The van der Waals surface area contributed by atoms with E-state index in [1.165, 1.54) is 51.2 Å². The molecule has 98 valence electrons. The van der Waals surface area contributed by atoms with Crippen LogP contribution in [-0.4, -0.2) is 49.1 Å². The third-order valence-electron chi connectivity index (χ3n) is 3.02. The van der Waals surface area contributed by atoms with Crippen LogP contribution in [0.1, 0.15) is 40.0 Å². The molecule has 1 N–H and O–H groups in total. The number of nitrogens with one attached hydrogen (secondary N) is 1. The van der Waals surface area contributed by atoms with Gasteiger partial charge in [0.25, 0.3) is 0 Å². The molecule has 0 aliphatic heterocycles. The van der Waals surface area contributed by atoms with E-state index in [0.717, 1.165) is 0 Å². The molecule has 16 heavy (non-hydrogen) atoms. The fourth-order valence-electron chi connectivity index (χ4n) is 1.83. The quantitative estimate of drug-likeness (QED) is 0.564. The Morgan fingerprint density at radius 3 is 2.44 bits per heavy atom. The standard InChI is InChI=1S/C13H30N2S/c1-5-15(6-2)11-7-9-13(3)14-10-8-12-16-4/h13-14H,5-12H2,1-4H3. The van der Waals surface area contributed by atoms with Crippen LogP contribution in [-0.2, 0) is 0 Å². The molecule has 0 aromatic heterocycles. The summed E-state index contributed by atoms with van der Waals surface area (Å²) in [6.45, 7) is 11.6. The predicted octanol–water partition coefficient (Wildman–Crippen LogP) is 2.84. The summed E-state index contributed by atoms with van der Waals surface area (Å²) in [4.78, 5) is 2.50. The predicted molar refractivity (Wildman–Crippen MR) is 77.5 cm³/mol. The first-order valence-electron chi connectivity index (χ1n) is 6.69. The van der Waals surface area contributed by atoms with Crippen LogP contribution in [0.3, 0.4) is 0 Å². The van der Waals surface area contributed by atoms with Gasteiger partial charge in [-0.15, -0.1) is 0 Å². The summed E-state index contributed by atoms with van der Waals surface area (Å²) >= 11 is 1.93. The van der Waals surface area contributed by atoms with Gasteiger partial charge in [0.05, 0.1) is 0 Å². The second kappa shape index (κ2) is 11.7. The van der Waals surface area contributed by atoms with Crippen molar-refractivity contribution >= 4 is 11.8 Å². The van der Waals surface area contributed by atoms with E-state index in [1.54, 1.807) is 0 Å². The number of nitrogens with zero attached hydrogens (tertiary/aromatic N) is 1. The zero-order valence-corrected chi connectivity index (χ0v) is 12.4. The molecule has 0 aliphatic rings. The van der Waals surface area contributed by atoms with Gasteiger partial charge in [0.15, 0.2) is 0 Å². The molecule has 3 heteroatoms. The van der Waals surface area contributed by atoms with Gasteiger partial charge in [0, 0.05) is 6.04 Å². The molecule has 0 bridgehead atoms. The lowest BCUT2D eigenvalue weighted by Gasteiger charge is -2.19. The van der Waals surface area contributed by atoms with E-state index in [9.17, 15) is 0 Å². The average Bonchev–Trinajstić information content (AvgIpc) is 2.30. The maximum absolute atomic E-state index is 3.60. The molecule has 0 amide bonds. The Morgan fingerprint density at radius 2 is 1.88 bits per heavy atom. The lowest BCUT2D eigenvalue weighted by Crippen LogP contribution is -2.29. The Morgan fingerprint density at radius 1 is 1.19 bits per heavy atom. The molecule has 0 heterocycles. The van der Waals surface area contributed by atoms with Crippen molar-refractivity contribution in [2.24, 2.45) is 0 Å². The molecule has 0 saturated heterocycles. The fourth-order valence-corrected chi connectivity index (χ4v) is 2.26. The van der Waals surface area contributed by atoms with Crippen molar-refractivity contribution in [3.05, 3.63) is 0 Å². The third kappa shape index (κ3) is 9.49. The molecule has 1 atom stereocenters. The van der Waals surface area contributed by atoms with E-state index < -0.39 is 0 Å². The number of hydrogen-bond acceptors (Lipinski definition) is 3. The zero-order chi connectivity index (χ0) is 12.2. The summed E-state index contributed by atoms with van der Waals surface area (Å²) in [6.07, 6.45) is 6.09. The maximum atomic E-state index is 3.60. The van der Waals surface area contributed by atoms with Gasteiger partial charge in [0.2, 0.25) is 0 Å². The molecule has 0 saturated carbocycles. The van der Waals surface area contributed by atoms with E-state index in [1.807, 2.05) is 11.8 Å². The molecule has 0 rings (SSSR count). The molecule has 0 aromatic carbocycles. The molecule has 0 spiro atoms. The van der Waals surface area contributed by atoms with Crippen molar-refractivity contribution < 1.29 is 0 Å². The van der Waals surface area contributed by atoms with E-state index in [0.29, 0.717) is 6.04 Å². The first-order valence-corrected chi connectivity index (χ1v) is 8.08. The van der Waals surface area contributed by atoms with E-state index in [2.05, 4.69) is 37.2 Å². The van der Waals surface area contributed by atoms with Crippen LogP contribution in [0.5, 0.6) is 0 Å². The highest BCUT2D eigenvalue weighted by atomic mass is 32.2. The number of rotatable bonds is 11. The van der Waals surface area contributed by atoms with Gasteiger partial charge in [-0.25, -0.2) is 0 Å². The summed E-state index contributed by atoms with van der Waals surface area (Å²) in [5.74, 6) is 1.28. The molecule has 2 nitrogen and oxygen atoms in total. The topological polar surface area (TPSA) is 15.3 Å². The average molecular weight is 246 g/mol. The molecular weight excluding hydrogens is 216 g/mol. The molecule has 0 radical (unpaired) electrons. The van der Waals surface area contributed by atoms with Crippen LogP contribution in [0.25, 0.3) is 0 Å². The van der Waals surface area contributed by atoms with Crippen molar-refractivity contribution in [2.45, 2.75) is 46.1 Å². The van der Waals surface area contributed by atoms with E-state index >= 15 is 0 Å². The number of thioether (sulfide) groups is 1. The highest BCUT2D eigenvalue weighted by molar-refractivity contribution is 7.98. The van der Waals surface area contributed by atoms with Crippen molar-refractivity contribution in [1.82, 2.24) is 10.2 Å². The second-order valence-electron chi connectivity index (χ2n) is 4.37. The highest BCUT2D eigenvalue weighted by Gasteiger charge is 2.03. The SMILES string of the molecule is CCN(CC)CCCC(C)NCCCSC. The monoisotopic (exact) mass is 246 g/mol. The minimum atomic E-state index is 0.678.